The van der Waals surface area contributed by atoms with E-state index in [1.54, 1.807) is 6.08 Å². The first-order chi connectivity index (χ1) is 15.0. The summed E-state index contributed by atoms with van der Waals surface area (Å²) in [5.41, 5.74) is 3.74. The fourth-order valence-electron chi connectivity index (χ4n) is 6.03. The quantitative estimate of drug-likeness (QED) is 0.522. The molecular formula is C25H36O7. The molecule has 1 heterocycles. The van der Waals surface area contributed by atoms with Crippen LogP contribution in [0.2, 0.25) is 0 Å². The fraction of sp³-hybridized carbons (Fsp3) is 0.720. The summed E-state index contributed by atoms with van der Waals surface area (Å²) in [5, 5.41) is 40.1. The van der Waals surface area contributed by atoms with Crippen molar-refractivity contribution in [3.63, 3.8) is 0 Å². The van der Waals surface area contributed by atoms with Crippen molar-refractivity contribution in [3.8, 4) is 0 Å². The van der Waals surface area contributed by atoms with Gasteiger partial charge < -0.3 is 29.9 Å². The van der Waals surface area contributed by atoms with Crippen molar-refractivity contribution in [2.75, 3.05) is 6.61 Å². The molecule has 0 radical (unpaired) electrons. The lowest BCUT2D eigenvalue weighted by Crippen LogP contribution is -2.56. The molecule has 4 aliphatic rings. The molecule has 4 rings (SSSR count). The van der Waals surface area contributed by atoms with Gasteiger partial charge in [-0.3, -0.25) is 0 Å². The molecule has 7 atom stereocenters. The summed E-state index contributed by atoms with van der Waals surface area (Å²) in [4.78, 5) is 12.0. The monoisotopic (exact) mass is 448 g/mol. The van der Waals surface area contributed by atoms with E-state index in [0.29, 0.717) is 5.92 Å². The van der Waals surface area contributed by atoms with Gasteiger partial charge in [0.2, 0.25) is 0 Å². The Morgan fingerprint density at radius 1 is 1.12 bits per heavy atom. The van der Waals surface area contributed by atoms with Crippen LogP contribution in [0.1, 0.15) is 59.8 Å². The summed E-state index contributed by atoms with van der Waals surface area (Å²) in [6.45, 7) is 8.70. The number of carbonyl (C=O) groups is 1. The third-order valence-corrected chi connectivity index (χ3v) is 8.24. The molecule has 2 fully saturated rings. The molecule has 1 saturated carbocycles. The van der Waals surface area contributed by atoms with Crippen LogP contribution in [0.4, 0.5) is 0 Å². The number of ether oxygens (including phenoxy) is 2. The topological polar surface area (TPSA) is 116 Å². The highest BCUT2D eigenvalue weighted by atomic mass is 16.7. The Balaban J connectivity index is 1.76. The second-order valence-electron chi connectivity index (χ2n) is 10.7. The first kappa shape index (κ1) is 23.6. The second kappa shape index (κ2) is 8.37. The maximum absolute atomic E-state index is 12.0. The number of carboxylic acids is 1. The van der Waals surface area contributed by atoms with Crippen molar-refractivity contribution in [1.29, 1.82) is 0 Å². The van der Waals surface area contributed by atoms with Crippen LogP contribution in [0.25, 0.3) is 0 Å². The van der Waals surface area contributed by atoms with E-state index < -0.39 is 42.1 Å². The Morgan fingerprint density at radius 3 is 2.50 bits per heavy atom. The third kappa shape index (κ3) is 3.78. The van der Waals surface area contributed by atoms with E-state index in [1.807, 2.05) is 6.08 Å². The lowest BCUT2D eigenvalue weighted by molar-refractivity contribution is -0.291. The number of hydrogen-bond donors (Lipinski definition) is 4. The van der Waals surface area contributed by atoms with Crippen LogP contribution in [0.3, 0.4) is 0 Å². The molecule has 0 aromatic carbocycles. The molecular weight excluding hydrogens is 412 g/mol. The number of carboxylic acid groups (broad SMARTS) is 1. The van der Waals surface area contributed by atoms with E-state index >= 15 is 0 Å². The van der Waals surface area contributed by atoms with Gasteiger partial charge >= 0.3 is 5.97 Å². The SMILES string of the molecule is CC(C)C1=C2C3=CC=C(C(=O)O)C[C@H](O[C@@H]4OC[C@@H](O)[C@H](O)[C@H]4O)[C@]3(C)CC[C@@]2(C)CC1. The van der Waals surface area contributed by atoms with E-state index in [-0.39, 0.29) is 24.0 Å². The van der Waals surface area contributed by atoms with Crippen molar-refractivity contribution in [2.24, 2.45) is 16.7 Å². The Morgan fingerprint density at radius 2 is 1.84 bits per heavy atom. The molecule has 178 valence electrons. The summed E-state index contributed by atoms with van der Waals surface area (Å²) in [5.74, 6) is -0.591. The average Bonchev–Trinajstić information content (AvgIpc) is 3.01. The normalized spacial score (nSPS) is 42.2. The molecule has 1 saturated heterocycles. The smallest absolute Gasteiger partial charge is 0.331 e. The zero-order chi connectivity index (χ0) is 23.4. The van der Waals surface area contributed by atoms with E-state index in [2.05, 4.69) is 27.7 Å². The van der Waals surface area contributed by atoms with Crippen LogP contribution in [-0.2, 0) is 14.3 Å². The molecule has 0 aromatic heterocycles. The number of allylic oxidation sites excluding steroid dienone is 4. The van der Waals surface area contributed by atoms with Gasteiger partial charge in [-0.15, -0.1) is 0 Å². The van der Waals surface area contributed by atoms with Crippen LogP contribution in [0, 0.1) is 16.7 Å². The predicted molar refractivity (Wildman–Crippen MR) is 118 cm³/mol. The van der Waals surface area contributed by atoms with Gasteiger partial charge in [-0.1, -0.05) is 45.4 Å². The average molecular weight is 449 g/mol. The zero-order valence-corrected chi connectivity index (χ0v) is 19.4. The van der Waals surface area contributed by atoms with E-state index in [9.17, 15) is 25.2 Å². The van der Waals surface area contributed by atoms with Gasteiger partial charge in [0.25, 0.3) is 0 Å². The van der Waals surface area contributed by atoms with Gasteiger partial charge in [0.15, 0.2) is 6.29 Å². The van der Waals surface area contributed by atoms with Gasteiger partial charge in [0.1, 0.15) is 18.3 Å². The fourth-order valence-corrected chi connectivity index (χ4v) is 6.03. The van der Waals surface area contributed by atoms with Crippen molar-refractivity contribution in [1.82, 2.24) is 0 Å². The molecule has 4 N–H and O–H groups in total. The molecule has 32 heavy (non-hydrogen) atoms. The van der Waals surface area contributed by atoms with Crippen molar-refractivity contribution < 1.29 is 34.7 Å². The lowest BCUT2D eigenvalue weighted by atomic mass is 9.57. The second-order valence-corrected chi connectivity index (χ2v) is 10.7. The number of aliphatic carboxylic acids is 1. The Hall–Kier alpha value is -1.51. The Labute approximate surface area is 189 Å². The maximum Gasteiger partial charge on any atom is 0.331 e. The van der Waals surface area contributed by atoms with Crippen LogP contribution in [0.15, 0.2) is 34.4 Å². The number of hydrogen-bond acceptors (Lipinski definition) is 6. The Kier molecular flexibility index (Phi) is 6.18. The molecule has 0 amide bonds. The number of fused-ring (bicyclic) bond motifs is 3. The van der Waals surface area contributed by atoms with Crippen molar-refractivity contribution in [3.05, 3.63) is 34.4 Å². The first-order valence-electron chi connectivity index (χ1n) is 11.7. The van der Waals surface area contributed by atoms with Gasteiger partial charge in [-0.2, -0.15) is 0 Å². The molecule has 1 aliphatic heterocycles. The summed E-state index contributed by atoms with van der Waals surface area (Å²) in [6, 6.07) is 0. The molecule has 3 aliphatic carbocycles. The van der Waals surface area contributed by atoms with Crippen LogP contribution < -0.4 is 0 Å². The highest BCUT2D eigenvalue weighted by molar-refractivity contribution is 5.87. The Bertz CT molecular complexity index is 872. The van der Waals surface area contributed by atoms with Crippen molar-refractivity contribution in [2.45, 2.75) is 90.5 Å². The zero-order valence-electron chi connectivity index (χ0n) is 19.4. The van der Waals surface area contributed by atoms with E-state index in [0.717, 1.165) is 31.3 Å². The molecule has 0 bridgehead atoms. The summed E-state index contributed by atoms with van der Waals surface area (Å²) in [7, 11) is 0. The standard InChI is InChI=1S/C25H36O7/c1-13(2)15-7-8-24(3)9-10-25(4)16(19(15)24)6-5-14(22(29)30)11-18(25)32-23-21(28)20(27)17(26)12-31-23/h5-6,13,17-18,20-21,23,26-28H,7-12H2,1-4H3,(H,29,30)/t17-,18+,20+,21-,23+,24-,25-/m1/s1. The van der Waals surface area contributed by atoms with Gasteiger partial charge in [0.05, 0.1) is 12.7 Å². The highest BCUT2D eigenvalue weighted by Gasteiger charge is 2.53. The van der Waals surface area contributed by atoms with Crippen molar-refractivity contribution >= 4 is 5.97 Å². The summed E-state index contributed by atoms with van der Waals surface area (Å²) < 4.78 is 11.8. The number of aliphatic hydroxyl groups is 3. The highest BCUT2D eigenvalue weighted by Crippen LogP contribution is 2.62. The van der Waals surface area contributed by atoms with Crippen LogP contribution in [0.5, 0.6) is 0 Å². The lowest BCUT2D eigenvalue weighted by Gasteiger charge is -2.50. The minimum absolute atomic E-state index is 0.0677. The molecule has 7 heteroatoms. The molecule has 0 aromatic rings. The maximum atomic E-state index is 12.0. The number of rotatable bonds is 4. The van der Waals surface area contributed by atoms with Gasteiger partial charge in [-0.25, -0.2) is 4.79 Å². The predicted octanol–water partition coefficient (Wildman–Crippen LogP) is 2.70. The molecule has 0 spiro atoms. The van der Waals surface area contributed by atoms with Gasteiger partial charge in [0, 0.05) is 17.4 Å². The summed E-state index contributed by atoms with van der Waals surface area (Å²) in [6.07, 6.45) is 2.10. The number of aliphatic hydroxyl groups excluding tert-OH is 3. The largest absolute Gasteiger partial charge is 0.478 e. The minimum atomic E-state index is -1.42. The third-order valence-electron chi connectivity index (χ3n) is 8.24. The van der Waals surface area contributed by atoms with E-state index in [1.165, 1.54) is 11.1 Å². The van der Waals surface area contributed by atoms with Crippen LogP contribution in [-0.4, -0.2) is 63.7 Å². The van der Waals surface area contributed by atoms with E-state index in [4.69, 9.17) is 9.47 Å². The van der Waals surface area contributed by atoms with Crippen LogP contribution >= 0.6 is 0 Å². The first-order valence-corrected chi connectivity index (χ1v) is 11.7. The molecule has 0 unspecified atom stereocenters. The summed E-state index contributed by atoms with van der Waals surface area (Å²) >= 11 is 0. The minimum Gasteiger partial charge on any atom is -0.478 e. The van der Waals surface area contributed by atoms with Gasteiger partial charge in [-0.05, 0) is 48.2 Å². The molecule has 7 nitrogen and oxygen atoms in total.